The molecule has 268 valence electrons. The molecule has 0 saturated carbocycles. The van der Waals surface area contributed by atoms with Crippen LogP contribution in [0.5, 0.6) is 0 Å². The Morgan fingerprint density at radius 2 is 1.83 bits per heavy atom. The van der Waals surface area contributed by atoms with E-state index >= 15 is 0 Å². The molecule has 47 heavy (non-hydrogen) atoms. The number of amides is 2. The Hall–Kier alpha value is -2.58. The summed E-state index contributed by atoms with van der Waals surface area (Å²) in [5.41, 5.74) is 2.28. The summed E-state index contributed by atoms with van der Waals surface area (Å²) in [5.74, 6) is 0.780. The molecule has 10 nitrogen and oxygen atoms in total. The number of carbonyl (C=O) groups is 2. The first kappa shape index (κ1) is 42.4. The van der Waals surface area contributed by atoms with Crippen molar-refractivity contribution in [2.45, 2.75) is 58.5 Å². The maximum absolute atomic E-state index is 12.2. The van der Waals surface area contributed by atoms with Gasteiger partial charge in [-0.1, -0.05) is 37.6 Å². The molecule has 4 rings (SSSR count). The number of alkyl halides is 4. The Morgan fingerprint density at radius 1 is 1.15 bits per heavy atom. The molecule has 2 fully saturated rings. The maximum atomic E-state index is 12.2. The third kappa shape index (κ3) is 16.9. The first-order chi connectivity index (χ1) is 22.3. The Balaban J connectivity index is 0.000000374. The summed E-state index contributed by atoms with van der Waals surface area (Å²) in [5, 5.41) is 5.33. The van der Waals surface area contributed by atoms with Gasteiger partial charge in [-0.2, -0.15) is 18.3 Å². The molecule has 0 bridgehead atoms. The van der Waals surface area contributed by atoms with E-state index in [1.165, 1.54) is 6.08 Å². The maximum Gasteiger partial charge on any atom is 0.433 e. The number of nitrogens with one attached hydrogen (secondary N) is 2. The van der Waals surface area contributed by atoms with Gasteiger partial charge in [0, 0.05) is 63.9 Å². The molecule has 0 aromatic rings. The Labute approximate surface area is 287 Å². The normalized spacial score (nSPS) is 20.5. The summed E-state index contributed by atoms with van der Waals surface area (Å²) in [7, 11) is 3.68. The second kappa shape index (κ2) is 22.9. The molecule has 4 aliphatic rings. The average molecular weight is 712 g/mol. The lowest BCUT2D eigenvalue weighted by Crippen LogP contribution is -2.38. The smallest absolute Gasteiger partial charge is 0.433 e. The molecule has 1 atom stereocenters. The summed E-state index contributed by atoms with van der Waals surface area (Å²) in [6.45, 7) is 16.4. The van der Waals surface area contributed by atoms with Crippen molar-refractivity contribution in [3.8, 4) is 0 Å². The molecule has 3 aliphatic heterocycles. The van der Waals surface area contributed by atoms with Gasteiger partial charge in [0.25, 0.3) is 5.91 Å². The van der Waals surface area contributed by atoms with E-state index in [1.54, 1.807) is 33.1 Å². The number of carbonyl (C=O) groups excluding carboxylic acids is 2. The van der Waals surface area contributed by atoms with Crippen molar-refractivity contribution >= 4 is 40.7 Å². The number of halogens is 5. The minimum Gasteiger partial charge on any atom is -0.499 e. The standard InChI is InChI=1S/C16H23ClN2O3.C8H16N2O.C6H6ClF3N2.C2H6/c1-21-15-5-2-4-13(12-14(15)17)16(20)18-6-3-7-19-8-10-22-11-9-19;1-8(11)10-5-3-4-9(2)6-7-10;1-3-2-4(7)5(12-11-3)6(8,9)10;1-2/h2,4,12H,3,5-11H2,1H3,(H,18,20);3-7H2,1-2H3;2,4,11H,1H3;1-2H3. The fourth-order valence-electron chi connectivity index (χ4n) is 4.54. The molecule has 15 heteroatoms. The van der Waals surface area contributed by atoms with Gasteiger partial charge >= 0.3 is 6.18 Å². The highest BCUT2D eigenvalue weighted by atomic mass is 35.5. The first-order valence-corrected chi connectivity index (χ1v) is 16.7. The Kier molecular flexibility index (Phi) is 20.7. The highest BCUT2D eigenvalue weighted by Gasteiger charge is 2.40. The number of ether oxygens (including phenoxy) is 2. The van der Waals surface area contributed by atoms with Crippen LogP contribution >= 0.6 is 23.2 Å². The van der Waals surface area contributed by atoms with Crippen LogP contribution < -0.4 is 10.7 Å². The lowest BCUT2D eigenvalue weighted by Gasteiger charge is -2.26. The molecule has 2 N–H and O–H groups in total. The average Bonchev–Trinajstić information content (AvgIpc) is 3.38. The van der Waals surface area contributed by atoms with Gasteiger partial charge < -0.3 is 24.6 Å². The summed E-state index contributed by atoms with van der Waals surface area (Å²) >= 11 is 11.5. The molecule has 0 spiro atoms. The molecule has 2 amide bonds. The number of hydrazone groups is 1. The van der Waals surface area contributed by atoms with Gasteiger partial charge in [0.15, 0.2) is 5.71 Å². The van der Waals surface area contributed by atoms with Gasteiger partial charge in [-0.25, -0.2) is 0 Å². The minimum atomic E-state index is -4.46. The van der Waals surface area contributed by atoms with Crippen molar-refractivity contribution in [1.82, 2.24) is 25.4 Å². The van der Waals surface area contributed by atoms with Gasteiger partial charge in [0.1, 0.15) is 11.1 Å². The lowest BCUT2D eigenvalue weighted by molar-refractivity contribution is -0.128. The number of likely N-dealkylation sites (N-methyl/N-ethyl adjacent to an activating group) is 1. The second-order valence-electron chi connectivity index (χ2n) is 10.8. The number of hydrogen-bond donors (Lipinski definition) is 2. The summed E-state index contributed by atoms with van der Waals surface area (Å²) in [4.78, 5) is 29.7. The van der Waals surface area contributed by atoms with Crippen LogP contribution in [0, 0.1) is 0 Å². The van der Waals surface area contributed by atoms with Crippen LogP contribution in [0.25, 0.3) is 0 Å². The molecule has 3 heterocycles. The predicted molar refractivity (Wildman–Crippen MR) is 182 cm³/mol. The SMILES string of the molecule is CC.CC(=O)N1CCCN(C)CC1.CC1=CC(Cl)C(C(F)(F)F)=NN1.COC1=C(Cl)C=C(C(=O)NCCCN2CCOCC2)C=CC1. The third-order valence-corrected chi connectivity index (χ3v) is 7.82. The quantitative estimate of drug-likeness (QED) is 0.295. The molecular formula is C32H51Cl2F3N6O4. The van der Waals surface area contributed by atoms with Crippen LogP contribution in [0.15, 0.2) is 51.5 Å². The van der Waals surface area contributed by atoms with Crippen molar-refractivity contribution in [3.05, 3.63) is 46.4 Å². The first-order valence-electron chi connectivity index (χ1n) is 15.9. The van der Waals surface area contributed by atoms with Crippen LogP contribution in [-0.2, 0) is 19.1 Å². The highest BCUT2D eigenvalue weighted by molar-refractivity contribution is 6.34. The fraction of sp³-hybridized carbons (Fsp3) is 0.656. The molecule has 2 saturated heterocycles. The van der Waals surface area contributed by atoms with Gasteiger partial charge in [0.05, 0.1) is 25.4 Å². The Bertz CT molecular complexity index is 1140. The number of rotatable bonds is 6. The minimum absolute atomic E-state index is 0.103. The molecule has 0 aromatic carbocycles. The van der Waals surface area contributed by atoms with E-state index in [4.69, 9.17) is 32.7 Å². The summed E-state index contributed by atoms with van der Waals surface area (Å²) in [6, 6.07) is 0. The zero-order valence-corrected chi connectivity index (χ0v) is 29.9. The van der Waals surface area contributed by atoms with Crippen molar-refractivity contribution in [2.75, 3.05) is 79.7 Å². The largest absolute Gasteiger partial charge is 0.499 e. The summed E-state index contributed by atoms with van der Waals surface area (Å²) < 4.78 is 46.6. The zero-order chi connectivity index (χ0) is 35.4. The van der Waals surface area contributed by atoms with Crippen molar-refractivity contribution in [1.29, 1.82) is 0 Å². The topological polar surface area (TPSA) is 98.7 Å². The summed E-state index contributed by atoms with van der Waals surface area (Å²) in [6.07, 6.45) is 4.75. The van der Waals surface area contributed by atoms with E-state index < -0.39 is 17.3 Å². The van der Waals surface area contributed by atoms with E-state index in [1.807, 2.05) is 24.8 Å². The van der Waals surface area contributed by atoms with E-state index in [9.17, 15) is 22.8 Å². The Morgan fingerprint density at radius 3 is 2.43 bits per heavy atom. The number of hydrogen-bond acceptors (Lipinski definition) is 8. The van der Waals surface area contributed by atoms with E-state index in [-0.39, 0.29) is 11.8 Å². The van der Waals surface area contributed by atoms with E-state index in [2.05, 4.69) is 32.7 Å². The fourth-order valence-corrected chi connectivity index (χ4v) is 5.17. The number of allylic oxidation sites excluding steroid dienone is 5. The molecule has 1 aliphatic carbocycles. The highest BCUT2D eigenvalue weighted by Crippen LogP contribution is 2.25. The lowest BCUT2D eigenvalue weighted by atomic mass is 10.2. The molecular weight excluding hydrogens is 660 g/mol. The molecule has 0 aromatic heterocycles. The van der Waals surface area contributed by atoms with Gasteiger partial charge in [-0.15, -0.1) is 11.6 Å². The van der Waals surface area contributed by atoms with Crippen LogP contribution in [0.2, 0.25) is 0 Å². The van der Waals surface area contributed by atoms with Crippen molar-refractivity contribution in [2.24, 2.45) is 5.10 Å². The van der Waals surface area contributed by atoms with Crippen LogP contribution in [0.1, 0.15) is 47.0 Å². The van der Waals surface area contributed by atoms with Crippen molar-refractivity contribution < 1.29 is 32.2 Å². The zero-order valence-electron chi connectivity index (χ0n) is 28.4. The second-order valence-corrected chi connectivity index (χ2v) is 11.6. The number of morpholine rings is 1. The van der Waals surface area contributed by atoms with Crippen molar-refractivity contribution in [3.63, 3.8) is 0 Å². The number of nitrogens with zero attached hydrogens (tertiary/aromatic N) is 4. The van der Waals surface area contributed by atoms with Crippen LogP contribution in [0.3, 0.4) is 0 Å². The van der Waals surface area contributed by atoms with Crippen LogP contribution in [0.4, 0.5) is 13.2 Å². The van der Waals surface area contributed by atoms with Gasteiger partial charge in [-0.3, -0.25) is 19.9 Å². The molecule has 0 radical (unpaired) electrons. The number of methoxy groups -OCH3 is 1. The monoisotopic (exact) mass is 710 g/mol. The van der Waals surface area contributed by atoms with Gasteiger partial charge in [-0.05, 0) is 52.1 Å². The molecule has 1 unspecified atom stereocenters. The van der Waals surface area contributed by atoms with E-state index in [0.29, 0.717) is 35.0 Å². The predicted octanol–water partition coefficient (Wildman–Crippen LogP) is 5.02. The van der Waals surface area contributed by atoms with E-state index in [0.717, 1.165) is 71.9 Å². The third-order valence-electron chi connectivity index (χ3n) is 7.16. The van der Waals surface area contributed by atoms with Gasteiger partial charge in [0.2, 0.25) is 5.91 Å². The van der Waals surface area contributed by atoms with Crippen LogP contribution in [-0.4, -0.2) is 124 Å².